The fourth-order valence-electron chi connectivity index (χ4n) is 3.57. The van der Waals surface area contributed by atoms with Crippen LogP contribution in [0.4, 0.5) is 0 Å². The standard InChI is InChI=1S/C17H32N2OS/c1-16(2)7-8-19(9-11-21-16)13-17(6-3-10-20-14-17)12-18-15-4-5-15/h15,18H,3-14H2,1-2H3. The lowest BCUT2D eigenvalue weighted by atomic mass is 9.81. The monoisotopic (exact) mass is 312 g/mol. The molecule has 0 spiro atoms. The fourth-order valence-corrected chi connectivity index (χ4v) is 4.71. The van der Waals surface area contributed by atoms with Gasteiger partial charge >= 0.3 is 0 Å². The van der Waals surface area contributed by atoms with E-state index in [1.807, 2.05) is 0 Å². The molecule has 0 amide bonds. The molecule has 3 aliphatic rings. The highest BCUT2D eigenvalue weighted by Gasteiger charge is 2.37. The minimum absolute atomic E-state index is 0.361. The Morgan fingerprint density at radius 2 is 2.10 bits per heavy atom. The smallest absolute Gasteiger partial charge is 0.0546 e. The number of rotatable bonds is 5. The van der Waals surface area contributed by atoms with Crippen molar-refractivity contribution >= 4 is 11.8 Å². The van der Waals surface area contributed by atoms with E-state index in [9.17, 15) is 0 Å². The van der Waals surface area contributed by atoms with E-state index in [-0.39, 0.29) is 0 Å². The van der Waals surface area contributed by atoms with Crippen molar-refractivity contribution in [2.75, 3.05) is 45.1 Å². The molecule has 0 aromatic carbocycles. The molecule has 1 N–H and O–H groups in total. The van der Waals surface area contributed by atoms with Crippen LogP contribution < -0.4 is 5.32 Å². The highest BCUT2D eigenvalue weighted by atomic mass is 32.2. The Morgan fingerprint density at radius 1 is 1.24 bits per heavy atom. The van der Waals surface area contributed by atoms with E-state index >= 15 is 0 Å². The molecular weight excluding hydrogens is 280 g/mol. The maximum atomic E-state index is 5.88. The summed E-state index contributed by atoms with van der Waals surface area (Å²) >= 11 is 2.15. The van der Waals surface area contributed by atoms with Gasteiger partial charge in [0.05, 0.1) is 6.61 Å². The predicted octanol–water partition coefficient (Wildman–Crippen LogP) is 2.75. The van der Waals surface area contributed by atoms with Crippen molar-refractivity contribution < 1.29 is 4.74 Å². The minimum Gasteiger partial charge on any atom is -0.381 e. The van der Waals surface area contributed by atoms with Gasteiger partial charge < -0.3 is 15.0 Å². The summed E-state index contributed by atoms with van der Waals surface area (Å²) in [5.41, 5.74) is 0.361. The van der Waals surface area contributed by atoms with Gasteiger partial charge in [0.2, 0.25) is 0 Å². The van der Waals surface area contributed by atoms with Gasteiger partial charge in [0.15, 0.2) is 0 Å². The van der Waals surface area contributed by atoms with Crippen molar-refractivity contribution in [2.45, 2.75) is 56.7 Å². The number of hydrogen-bond acceptors (Lipinski definition) is 4. The second kappa shape index (κ2) is 6.77. The van der Waals surface area contributed by atoms with Gasteiger partial charge in [-0.25, -0.2) is 0 Å². The Labute approximate surface area is 134 Å². The second-order valence-corrected chi connectivity index (χ2v) is 9.75. The van der Waals surface area contributed by atoms with Crippen molar-refractivity contribution in [1.29, 1.82) is 0 Å². The Balaban J connectivity index is 1.57. The first kappa shape index (κ1) is 16.1. The minimum atomic E-state index is 0.361. The summed E-state index contributed by atoms with van der Waals surface area (Å²) in [5, 5.41) is 3.78. The zero-order chi connectivity index (χ0) is 14.8. The van der Waals surface area contributed by atoms with Gasteiger partial charge in [-0.05, 0) is 38.6 Å². The molecule has 1 aliphatic carbocycles. The third-order valence-corrected chi connectivity index (χ3v) is 6.61. The normalized spacial score (nSPS) is 34.6. The lowest BCUT2D eigenvalue weighted by Crippen LogP contribution is -2.50. The molecule has 3 fully saturated rings. The predicted molar refractivity (Wildman–Crippen MR) is 91.1 cm³/mol. The molecule has 0 bridgehead atoms. The first-order chi connectivity index (χ1) is 10.1. The van der Waals surface area contributed by atoms with Gasteiger partial charge in [-0.1, -0.05) is 13.8 Å². The molecule has 2 aliphatic heterocycles. The van der Waals surface area contributed by atoms with Crippen molar-refractivity contribution in [1.82, 2.24) is 10.2 Å². The van der Waals surface area contributed by atoms with E-state index < -0.39 is 0 Å². The highest BCUT2D eigenvalue weighted by Crippen LogP contribution is 2.34. The third kappa shape index (κ3) is 4.85. The van der Waals surface area contributed by atoms with E-state index in [0.29, 0.717) is 10.2 Å². The van der Waals surface area contributed by atoms with Gasteiger partial charge in [-0.15, -0.1) is 0 Å². The van der Waals surface area contributed by atoms with Crippen molar-refractivity contribution in [3.63, 3.8) is 0 Å². The Bertz CT molecular complexity index is 338. The molecule has 0 aromatic rings. The Hall–Kier alpha value is 0.230. The number of nitrogens with one attached hydrogen (secondary N) is 1. The summed E-state index contributed by atoms with van der Waals surface area (Å²) in [6.45, 7) is 11.6. The van der Waals surface area contributed by atoms with E-state index in [1.165, 1.54) is 57.5 Å². The molecule has 1 saturated carbocycles. The zero-order valence-electron chi connectivity index (χ0n) is 13.8. The molecule has 0 radical (unpaired) electrons. The lowest BCUT2D eigenvalue weighted by molar-refractivity contribution is -0.0256. The molecule has 1 atom stereocenters. The average molecular weight is 313 g/mol. The fraction of sp³-hybridized carbons (Fsp3) is 1.00. The second-order valence-electron chi connectivity index (χ2n) is 7.95. The van der Waals surface area contributed by atoms with Crippen LogP contribution in [0.25, 0.3) is 0 Å². The van der Waals surface area contributed by atoms with Crippen LogP contribution in [0.15, 0.2) is 0 Å². The quantitative estimate of drug-likeness (QED) is 0.844. The van der Waals surface area contributed by atoms with Gasteiger partial charge in [-0.2, -0.15) is 11.8 Å². The van der Waals surface area contributed by atoms with Crippen LogP contribution in [-0.4, -0.2) is 60.8 Å². The molecule has 0 aromatic heterocycles. The molecule has 2 saturated heterocycles. The maximum absolute atomic E-state index is 5.88. The SMILES string of the molecule is CC1(C)CCN(CC2(CNC3CC3)CCCOC2)CCS1. The number of hydrogen-bond donors (Lipinski definition) is 1. The molecule has 21 heavy (non-hydrogen) atoms. The first-order valence-electron chi connectivity index (χ1n) is 8.75. The maximum Gasteiger partial charge on any atom is 0.0546 e. The lowest BCUT2D eigenvalue weighted by Gasteiger charge is -2.41. The van der Waals surface area contributed by atoms with Gasteiger partial charge in [-0.3, -0.25) is 0 Å². The number of ether oxygens (including phenoxy) is 1. The van der Waals surface area contributed by atoms with Crippen LogP contribution in [-0.2, 0) is 4.74 Å². The molecule has 122 valence electrons. The average Bonchev–Trinajstić information content (AvgIpc) is 3.28. The van der Waals surface area contributed by atoms with Crippen LogP contribution in [0.2, 0.25) is 0 Å². The molecule has 3 rings (SSSR count). The number of thioether (sulfide) groups is 1. The summed E-state index contributed by atoms with van der Waals surface area (Å²) in [6, 6.07) is 0.808. The third-order valence-electron chi connectivity index (χ3n) is 5.24. The molecule has 4 heteroatoms. The van der Waals surface area contributed by atoms with Gasteiger partial charge in [0.25, 0.3) is 0 Å². The summed E-state index contributed by atoms with van der Waals surface area (Å²) in [7, 11) is 0. The van der Waals surface area contributed by atoms with E-state index in [0.717, 1.165) is 25.8 Å². The van der Waals surface area contributed by atoms with Crippen molar-refractivity contribution in [2.24, 2.45) is 5.41 Å². The van der Waals surface area contributed by atoms with Crippen LogP contribution in [0, 0.1) is 5.41 Å². The van der Waals surface area contributed by atoms with Crippen LogP contribution >= 0.6 is 11.8 Å². The van der Waals surface area contributed by atoms with Crippen molar-refractivity contribution in [3.8, 4) is 0 Å². The molecule has 1 unspecified atom stereocenters. The summed E-state index contributed by atoms with van der Waals surface area (Å²) in [5.74, 6) is 1.28. The summed E-state index contributed by atoms with van der Waals surface area (Å²) in [6.07, 6.45) is 6.64. The topological polar surface area (TPSA) is 24.5 Å². The summed E-state index contributed by atoms with van der Waals surface area (Å²) in [4.78, 5) is 2.71. The van der Waals surface area contributed by atoms with Crippen LogP contribution in [0.5, 0.6) is 0 Å². The van der Waals surface area contributed by atoms with Gasteiger partial charge in [0.1, 0.15) is 0 Å². The highest BCUT2D eigenvalue weighted by molar-refractivity contribution is 8.00. The van der Waals surface area contributed by atoms with E-state index in [2.05, 4.69) is 35.8 Å². The van der Waals surface area contributed by atoms with E-state index in [1.54, 1.807) is 0 Å². The van der Waals surface area contributed by atoms with Crippen LogP contribution in [0.1, 0.15) is 46.0 Å². The largest absolute Gasteiger partial charge is 0.381 e. The van der Waals surface area contributed by atoms with Gasteiger partial charge in [0, 0.05) is 48.2 Å². The zero-order valence-corrected chi connectivity index (χ0v) is 14.6. The molecular formula is C17H32N2OS. The Kier molecular flexibility index (Phi) is 5.19. The van der Waals surface area contributed by atoms with Crippen molar-refractivity contribution in [3.05, 3.63) is 0 Å². The number of nitrogens with zero attached hydrogens (tertiary/aromatic N) is 1. The molecule has 3 nitrogen and oxygen atoms in total. The summed E-state index contributed by atoms with van der Waals surface area (Å²) < 4.78 is 6.34. The molecule has 2 heterocycles. The van der Waals surface area contributed by atoms with E-state index in [4.69, 9.17) is 4.74 Å². The first-order valence-corrected chi connectivity index (χ1v) is 9.73. The Morgan fingerprint density at radius 3 is 2.81 bits per heavy atom. The van der Waals surface area contributed by atoms with Crippen LogP contribution in [0.3, 0.4) is 0 Å².